The Morgan fingerprint density at radius 2 is 2.23 bits per heavy atom. The summed E-state index contributed by atoms with van der Waals surface area (Å²) in [5.74, 6) is 0.344. The molecule has 74 valence electrons. The molecular weight excluding hydrogens is 166 g/mol. The van der Waals surface area contributed by atoms with Crippen LogP contribution in [0.3, 0.4) is 0 Å². The fraction of sp³-hybridized carbons (Fsp3) is 0.900. The highest BCUT2D eigenvalue weighted by atomic mass is 16.6. The second-order valence-corrected chi connectivity index (χ2v) is 5.02. The fourth-order valence-corrected chi connectivity index (χ4v) is 2.95. The number of fused-ring (bicyclic) bond motifs is 3. The monoisotopic (exact) mass is 183 g/mol. The first-order valence-electron chi connectivity index (χ1n) is 4.98. The number of carbonyl (C=O) groups excluding carboxylic acids is 1. The Bertz CT molecular complexity index is 262. The Hall–Kier alpha value is -0.410. The number of carbonyl (C=O) groups is 1. The van der Waals surface area contributed by atoms with E-state index in [2.05, 4.69) is 0 Å². The van der Waals surface area contributed by atoms with Gasteiger partial charge in [0.15, 0.2) is 0 Å². The molecule has 2 heterocycles. The molecule has 0 N–H and O–H groups in total. The minimum absolute atomic E-state index is 0.0318. The lowest BCUT2D eigenvalue weighted by Crippen LogP contribution is -2.71. The number of hydrogen-bond acceptors (Lipinski definition) is 2. The predicted octanol–water partition coefficient (Wildman–Crippen LogP) is 1.46. The van der Waals surface area contributed by atoms with Crippen LogP contribution in [-0.4, -0.2) is 29.1 Å². The van der Waals surface area contributed by atoms with E-state index in [9.17, 15) is 10.0 Å². The Balaban J connectivity index is 2.42. The largest absolute Gasteiger partial charge is 0.632 e. The molecule has 3 aliphatic rings. The van der Waals surface area contributed by atoms with Crippen molar-refractivity contribution in [2.24, 2.45) is 5.92 Å². The van der Waals surface area contributed by atoms with Crippen LogP contribution >= 0.6 is 0 Å². The molecule has 0 aromatic heterocycles. The van der Waals surface area contributed by atoms with Gasteiger partial charge in [-0.15, -0.1) is 0 Å². The van der Waals surface area contributed by atoms with Gasteiger partial charge in [0.05, 0.1) is 25.4 Å². The van der Waals surface area contributed by atoms with E-state index in [1.807, 2.05) is 13.8 Å². The van der Waals surface area contributed by atoms with Crippen LogP contribution in [0.25, 0.3) is 0 Å². The van der Waals surface area contributed by atoms with Gasteiger partial charge in [-0.25, -0.2) is 0 Å². The van der Waals surface area contributed by atoms with E-state index in [4.69, 9.17) is 0 Å². The molecule has 13 heavy (non-hydrogen) atoms. The van der Waals surface area contributed by atoms with E-state index in [0.29, 0.717) is 12.2 Å². The molecule has 1 aliphatic carbocycles. The third kappa shape index (κ3) is 0.945. The number of Topliss-reactive ketones (excluding diaryl/α,β-unsaturated/α-hetero) is 1. The van der Waals surface area contributed by atoms with Crippen LogP contribution in [0.15, 0.2) is 0 Å². The molecule has 2 saturated heterocycles. The summed E-state index contributed by atoms with van der Waals surface area (Å²) in [6.07, 6.45) is 2.32. The van der Waals surface area contributed by atoms with Crippen LogP contribution in [0, 0.1) is 11.1 Å². The molecule has 3 rings (SSSR count). The van der Waals surface area contributed by atoms with Crippen molar-refractivity contribution in [2.75, 3.05) is 7.05 Å². The maximum Gasteiger partial charge on any atom is 0.148 e. The van der Waals surface area contributed by atoms with Crippen molar-refractivity contribution in [3.63, 3.8) is 0 Å². The molecule has 3 heteroatoms. The van der Waals surface area contributed by atoms with Gasteiger partial charge in [-0.1, -0.05) is 0 Å². The third-order valence-electron chi connectivity index (χ3n) is 4.39. The van der Waals surface area contributed by atoms with Crippen LogP contribution in [-0.2, 0) is 4.79 Å². The predicted molar refractivity (Wildman–Crippen MR) is 49.8 cm³/mol. The summed E-state index contributed by atoms with van der Waals surface area (Å²) in [5.41, 5.74) is -0.342. The topological polar surface area (TPSA) is 40.1 Å². The molecule has 0 aromatic rings. The first-order chi connectivity index (χ1) is 5.88. The van der Waals surface area contributed by atoms with E-state index in [1.54, 1.807) is 7.05 Å². The van der Waals surface area contributed by atoms with Gasteiger partial charge in [0.2, 0.25) is 0 Å². The molecule has 4 atom stereocenters. The van der Waals surface area contributed by atoms with Gasteiger partial charge < -0.3 is 9.85 Å². The number of nitrogens with zero attached hydrogens (tertiary/aromatic N) is 1. The van der Waals surface area contributed by atoms with Crippen molar-refractivity contribution >= 4 is 5.78 Å². The molecule has 2 aliphatic heterocycles. The second-order valence-electron chi connectivity index (χ2n) is 5.02. The van der Waals surface area contributed by atoms with Gasteiger partial charge in [0, 0.05) is 6.42 Å². The normalized spacial score (nSPS) is 55.5. The lowest BCUT2D eigenvalue weighted by molar-refractivity contribution is -0.945. The standard InChI is InChI=1S/C10H17NO2/c1-7-8-4-5-10(2,6-9(8)12)11(7,3)13/h7-8H,4-6H2,1-3H3. The number of rotatable bonds is 0. The highest BCUT2D eigenvalue weighted by Gasteiger charge is 2.56. The van der Waals surface area contributed by atoms with E-state index in [0.717, 1.165) is 12.8 Å². The number of ketones is 1. The van der Waals surface area contributed by atoms with Crippen molar-refractivity contribution in [3.8, 4) is 0 Å². The van der Waals surface area contributed by atoms with Gasteiger partial charge in [-0.3, -0.25) is 4.79 Å². The average Bonchev–Trinajstić information content (AvgIpc) is 2.00. The summed E-state index contributed by atoms with van der Waals surface area (Å²) in [7, 11) is 1.73. The van der Waals surface area contributed by atoms with E-state index in [1.165, 1.54) is 0 Å². The molecule has 0 aromatic carbocycles. The smallest absolute Gasteiger partial charge is 0.148 e. The zero-order valence-electron chi connectivity index (χ0n) is 8.54. The maximum absolute atomic E-state index is 12.3. The van der Waals surface area contributed by atoms with Crippen LogP contribution in [0.5, 0.6) is 0 Å². The van der Waals surface area contributed by atoms with Gasteiger partial charge in [0.25, 0.3) is 0 Å². The fourth-order valence-electron chi connectivity index (χ4n) is 2.95. The molecule has 0 radical (unpaired) electrons. The van der Waals surface area contributed by atoms with Crippen LogP contribution in [0.4, 0.5) is 0 Å². The van der Waals surface area contributed by atoms with Gasteiger partial charge in [-0.05, 0) is 20.3 Å². The zero-order chi connectivity index (χ0) is 9.85. The Labute approximate surface area is 78.9 Å². The molecular formula is C10H17NO2. The Morgan fingerprint density at radius 1 is 1.62 bits per heavy atom. The Kier molecular flexibility index (Phi) is 1.65. The number of hydrogen-bond donors (Lipinski definition) is 0. The van der Waals surface area contributed by atoms with E-state index < -0.39 is 0 Å². The van der Waals surface area contributed by atoms with Crippen molar-refractivity contribution in [3.05, 3.63) is 5.21 Å². The van der Waals surface area contributed by atoms with E-state index in [-0.39, 0.29) is 22.1 Å². The minimum atomic E-state index is -0.342. The first kappa shape index (κ1) is 9.16. The Morgan fingerprint density at radius 3 is 2.69 bits per heavy atom. The lowest BCUT2D eigenvalue weighted by Gasteiger charge is -2.64. The van der Waals surface area contributed by atoms with Gasteiger partial charge in [0.1, 0.15) is 11.3 Å². The molecule has 2 bridgehead atoms. The molecule has 3 nitrogen and oxygen atoms in total. The average molecular weight is 183 g/mol. The molecule has 0 spiro atoms. The van der Waals surface area contributed by atoms with Crippen molar-refractivity contribution in [1.82, 2.24) is 0 Å². The quantitative estimate of drug-likeness (QED) is 0.421. The van der Waals surface area contributed by atoms with Crippen LogP contribution in [0.1, 0.15) is 33.1 Å². The highest BCUT2D eigenvalue weighted by molar-refractivity contribution is 5.84. The van der Waals surface area contributed by atoms with Crippen LogP contribution in [0.2, 0.25) is 0 Å². The highest BCUT2D eigenvalue weighted by Crippen LogP contribution is 2.48. The maximum atomic E-state index is 12.3. The third-order valence-corrected chi connectivity index (χ3v) is 4.39. The number of piperidine rings is 2. The number of hydroxylamine groups is 3. The summed E-state index contributed by atoms with van der Waals surface area (Å²) < 4.78 is -0.219. The van der Waals surface area contributed by atoms with E-state index >= 15 is 0 Å². The van der Waals surface area contributed by atoms with Crippen molar-refractivity contribution < 1.29 is 9.44 Å². The molecule has 1 saturated carbocycles. The van der Waals surface area contributed by atoms with Gasteiger partial charge in [-0.2, -0.15) is 0 Å². The minimum Gasteiger partial charge on any atom is -0.632 e. The molecule has 4 unspecified atom stereocenters. The lowest BCUT2D eigenvalue weighted by atomic mass is 9.67. The molecule has 0 amide bonds. The SMILES string of the molecule is CC1C2CCC(C)(CC2=O)[N+]1(C)[O-]. The number of quaternary nitrogens is 1. The summed E-state index contributed by atoms with van der Waals surface area (Å²) in [5, 5.41) is 12.3. The summed E-state index contributed by atoms with van der Waals surface area (Å²) in [6, 6.07) is -0.0417. The van der Waals surface area contributed by atoms with Gasteiger partial charge >= 0.3 is 0 Å². The summed E-state index contributed by atoms with van der Waals surface area (Å²) in [4.78, 5) is 11.6. The summed E-state index contributed by atoms with van der Waals surface area (Å²) >= 11 is 0. The van der Waals surface area contributed by atoms with Crippen molar-refractivity contribution in [2.45, 2.75) is 44.7 Å². The van der Waals surface area contributed by atoms with Crippen molar-refractivity contribution in [1.29, 1.82) is 0 Å². The molecule has 3 fully saturated rings. The van der Waals surface area contributed by atoms with Crippen LogP contribution < -0.4 is 0 Å². The summed E-state index contributed by atoms with van der Waals surface area (Å²) in [6.45, 7) is 3.88. The zero-order valence-corrected chi connectivity index (χ0v) is 8.54. The first-order valence-corrected chi connectivity index (χ1v) is 4.98. The second kappa shape index (κ2) is 2.34.